The molecule has 0 amide bonds. The average Bonchev–Trinajstić information content (AvgIpc) is 2.47. The van der Waals surface area contributed by atoms with E-state index in [0.29, 0.717) is 28.9 Å². The Bertz CT molecular complexity index is 700. The number of ether oxygens (including phenoxy) is 1. The monoisotopic (exact) mass is 302 g/mol. The minimum absolute atomic E-state index is 0.0144. The van der Waals surface area contributed by atoms with Gasteiger partial charge in [-0.05, 0) is 35.7 Å². The fraction of sp³-hybridized carbons (Fsp3) is 0.188. The van der Waals surface area contributed by atoms with Gasteiger partial charge in [-0.15, -0.1) is 0 Å². The molecule has 0 fully saturated rings. The summed E-state index contributed by atoms with van der Waals surface area (Å²) in [6.45, 7) is 0.621. The second kappa shape index (κ2) is 5.66. The third kappa shape index (κ3) is 2.67. The van der Waals surface area contributed by atoms with E-state index in [1.807, 2.05) is 6.07 Å². The van der Waals surface area contributed by atoms with E-state index < -0.39 is 0 Å². The number of fused-ring (bicyclic) bond motifs is 1. The van der Waals surface area contributed by atoms with Crippen molar-refractivity contribution in [3.05, 3.63) is 64.2 Å². The van der Waals surface area contributed by atoms with Gasteiger partial charge >= 0.3 is 0 Å². The van der Waals surface area contributed by atoms with Crippen LogP contribution in [0.3, 0.4) is 0 Å². The highest BCUT2D eigenvalue weighted by atomic mass is 35.5. The molecular weight excluding hydrogens is 288 g/mol. The predicted molar refractivity (Wildman–Crippen MR) is 82.3 cm³/mol. The van der Waals surface area contributed by atoms with Crippen molar-refractivity contribution >= 4 is 17.4 Å². The molecular formula is C16H15ClN2O2. The topological polar surface area (TPSA) is 67.8 Å². The van der Waals surface area contributed by atoms with Crippen molar-refractivity contribution in [2.45, 2.75) is 12.3 Å². The number of oxime groups is 1. The Labute approximate surface area is 127 Å². The van der Waals surface area contributed by atoms with Crippen molar-refractivity contribution < 1.29 is 9.94 Å². The molecule has 0 aliphatic heterocycles. The van der Waals surface area contributed by atoms with Crippen LogP contribution in [-0.2, 0) is 6.42 Å². The molecule has 0 spiro atoms. The Morgan fingerprint density at radius 3 is 2.86 bits per heavy atom. The van der Waals surface area contributed by atoms with Gasteiger partial charge < -0.3 is 15.7 Å². The predicted octanol–water partition coefficient (Wildman–Crippen LogP) is 3.15. The van der Waals surface area contributed by atoms with Crippen LogP contribution in [0, 0.1) is 0 Å². The van der Waals surface area contributed by atoms with Gasteiger partial charge in [0.1, 0.15) is 5.75 Å². The molecule has 0 aromatic heterocycles. The first-order valence-electron chi connectivity index (χ1n) is 6.67. The van der Waals surface area contributed by atoms with E-state index in [2.05, 4.69) is 23.4 Å². The summed E-state index contributed by atoms with van der Waals surface area (Å²) in [4.78, 5) is 0. The molecule has 0 heterocycles. The van der Waals surface area contributed by atoms with E-state index in [1.165, 1.54) is 11.1 Å². The first-order valence-corrected chi connectivity index (χ1v) is 7.05. The molecule has 3 rings (SSSR count). The maximum atomic E-state index is 8.66. The quantitative estimate of drug-likeness (QED) is 0.394. The van der Waals surface area contributed by atoms with E-state index in [0.717, 1.165) is 6.42 Å². The minimum Gasteiger partial charge on any atom is -0.493 e. The summed E-state index contributed by atoms with van der Waals surface area (Å²) >= 11 is 6.10. The molecule has 0 radical (unpaired) electrons. The van der Waals surface area contributed by atoms with E-state index in [4.69, 9.17) is 27.3 Å². The van der Waals surface area contributed by atoms with Crippen LogP contribution < -0.4 is 10.5 Å². The smallest absolute Gasteiger partial charge is 0.171 e. The van der Waals surface area contributed by atoms with Crippen LogP contribution in [0.2, 0.25) is 5.02 Å². The SMILES string of the molecule is N/C(=N/O)c1ccc(OCC2Cc3ccccc32)cc1Cl. The summed E-state index contributed by atoms with van der Waals surface area (Å²) in [6, 6.07) is 13.5. The molecule has 108 valence electrons. The first-order chi connectivity index (χ1) is 10.2. The maximum absolute atomic E-state index is 8.66. The lowest BCUT2D eigenvalue weighted by Crippen LogP contribution is -2.23. The number of nitrogens with zero attached hydrogens (tertiary/aromatic N) is 1. The Hall–Kier alpha value is -2.20. The summed E-state index contributed by atoms with van der Waals surface area (Å²) in [5.74, 6) is 1.10. The number of nitrogens with two attached hydrogens (primary N) is 1. The largest absolute Gasteiger partial charge is 0.493 e. The Kier molecular flexibility index (Phi) is 3.71. The van der Waals surface area contributed by atoms with Crippen molar-refractivity contribution in [3.63, 3.8) is 0 Å². The van der Waals surface area contributed by atoms with Crippen molar-refractivity contribution in [1.29, 1.82) is 0 Å². The molecule has 0 saturated carbocycles. The number of hydrogen-bond donors (Lipinski definition) is 2. The summed E-state index contributed by atoms with van der Waals surface area (Å²) < 4.78 is 5.79. The maximum Gasteiger partial charge on any atom is 0.171 e. The van der Waals surface area contributed by atoms with Gasteiger partial charge in [-0.3, -0.25) is 0 Å². The molecule has 5 heteroatoms. The molecule has 1 atom stereocenters. The first kappa shape index (κ1) is 13.8. The van der Waals surface area contributed by atoms with Gasteiger partial charge in [0, 0.05) is 11.5 Å². The van der Waals surface area contributed by atoms with E-state index >= 15 is 0 Å². The zero-order chi connectivity index (χ0) is 14.8. The summed E-state index contributed by atoms with van der Waals surface area (Å²) in [6.07, 6.45) is 1.05. The van der Waals surface area contributed by atoms with Crippen LogP contribution in [0.25, 0.3) is 0 Å². The van der Waals surface area contributed by atoms with Gasteiger partial charge in [-0.1, -0.05) is 41.0 Å². The van der Waals surface area contributed by atoms with Crippen LogP contribution in [0.5, 0.6) is 5.75 Å². The van der Waals surface area contributed by atoms with Gasteiger partial charge in [0.2, 0.25) is 0 Å². The second-order valence-corrected chi connectivity index (χ2v) is 5.44. The number of halogens is 1. The van der Waals surface area contributed by atoms with Crippen LogP contribution >= 0.6 is 11.6 Å². The molecule has 4 nitrogen and oxygen atoms in total. The lowest BCUT2D eigenvalue weighted by Gasteiger charge is -2.29. The lowest BCUT2D eigenvalue weighted by atomic mass is 9.78. The number of benzene rings is 2. The third-order valence-corrected chi connectivity index (χ3v) is 4.05. The number of amidine groups is 1. The van der Waals surface area contributed by atoms with Crippen molar-refractivity contribution in [1.82, 2.24) is 0 Å². The summed E-state index contributed by atoms with van der Waals surface area (Å²) in [5, 5.41) is 12.0. The van der Waals surface area contributed by atoms with Gasteiger partial charge in [0.25, 0.3) is 0 Å². The summed E-state index contributed by atoms with van der Waals surface area (Å²) in [7, 11) is 0. The molecule has 2 aromatic carbocycles. The standard InChI is InChI=1S/C16H15ClN2O2/c17-15-8-12(5-6-14(15)16(18)19-20)21-9-11-7-10-3-1-2-4-13(10)11/h1-6,8,11,20H,7,9H2,(H2,18,19). The molecule has 1 unspecified atom stereocenters. The summed E-state index contributed by atoms with van der Waals surface area (Å²) in [5.41, 5.74) is 8.77. The van der Waals surface area contributed by atoms with Crippen molar-refractivity contribution in [3.8, 4) is 5.75 Å². The molecule has 1 aliphatic carbocycles. The number of hydrogen-bond acceptors (Lipinski definition) is 3. The van der Waals surface area contributed by atoms with Gasteiger partial charge in [0.05, 0.1) is 11.6 Å². The van der Waals surface area contributed by atoms with E-state index in [1.54, 1.807) is 18.2 Å². The molecule has 0 bridgehead atoms. The Morgan fingerprint density at radius 1 is 1.33 bits per heavy atom. The Morgan fingerprint density at radius 2 is 2.14 bits per heavy atom. The van der Waals surface area contributed by atoms with Crippen LogP contribution in [0.4, 0.5) is 0 Å². The van der Waals surface area contributed by atoms with Crippen LogP contribution in [0.15, 0.2) is 47.6 Å². The highest BCUT2D eigenvalue weighted by Gasteiger charge is 2.25. The fourth-order valence-corrected chi connectivity index (χ4v) is 2.82. The molecule has 3 N–H and O–H groups in total. The third-order valence-electron chi connectivity index (χ3n) is 3.74. The second-order valence-electron chi connectivity index (χ2n) is 5.04. The lowest BCUT2D eigenvalue weighted by molar-refractivity contribution is 0.275. The highest BCUT2D eigenvalue weighted by Crippen LogP contribution is 2.35. The average molecular weight is 303 g/mol. The van der Waals surface area contributed by atoms with Gasteiger partial charge in [-0.2, -0.15) is 0 Å². The Balaban J connectivity index is 1.66. The zero-order valence-corrected chi connectivity index (χ0v) is 12.0. The van der Waals surface area contributed by atoms with Crippen LogP contribution in [-0.4, -0.2) is 17.6 Å². The zero-order valence-electron chi connectivity index (χ0n) is 11.3. The highest BCUT2D eigenvalue weighted by molar-refractivity contribution is 6.34. The van der Waals surface area contributed by atoms with Gasteiger partial charge in [0.15, 0.2) is 5.84 Å². The van der Waals surface area contributed by atoms with Gasteiger partial charge in [-0.25, -0.2) is 0 Å². The normalized spacial score (nSPS) is 17.0. The molecule has 21 heavy (non-hydrogen) atoms. The van der Waals surface area contributed by atoms with Crippen molar-refractivity contribution in [2.75, 3.05) is 6.61 Å². The molecule has 0 saturated heterocycles. The molecule has 1 aliphatic rings. The van der Waals surface area contributed by atoms with Crippen LogP contribution in [0.1, 0.15) is 22.6 Å². The number of rotatable bonds is 4. The van der Waals surface area contributed by atoms with E-state index in [-0.39, 0.29) is 5.84 Å². The molecule has 2 aromatic rings. The fourth-order valence-electron chi connectivity index (χ4n) is 2.56. The van der Waals surface area contributed by atoms with E-state index in [9.17, 15) is 0 Å². The van der Waals surface area contributed by atoms with Crippen molar-refractivity contribution in [2.24, 2.45) is 10.9 Å². The minimum atomic E-state index is -0.0144.